The Morgan fingerprint density at radius 1 is 1.47 bits per heavy atom. The molecule has 6 heteroatoms. The Balaban J connectivity index is 1.63. The first-order valence-electron chi connectivity index (χ1n) is 7.10. The van der Waals surface area contributed by atoms with Crippen molar-refractivity contribution in [3.8, 4) is 0 Å². The average molecular weight is 271 g/mol. The summed E-state index contributed by atoms with van der Waals surface area (Å²) in [5.41, 5.74) is 0. The topological polar surface area (TPSA) is 65.0 Å². The lowest BCUT2D eigenvalue weighted by Gasteiger charge is -2.32. The van der Waals surface area contributed by atoms with Crippen LogP contribution in [0.2, 0.25) is 0 Å². The van der Waals surface area contributed by atoms with Gasteiger partial charge in [0.2, 0.25) is 5.91 Å². The summed E-state index contributed by atoms with van der Waals surface area (Å²) in [6, 6.07) is 0.307. The van der Waals surface area contributed by atoms with Gasteiger partial charge in [-0.25, -0.2) is 0 Å². The Hall–Kier alpha value is -0.690. The first-order valence-corrected chi connectivity index (χ1v) is 7.10. The number of aliphatic hydroxyl groups is 1. The van der Waals surface area contributed by atoms with Gasteiger partial charge in [-0.05, 0) is 6.42 Å². The number of ether oxygens (including phenoxy) is 1. The molecule has 19 heavy (non-hydrogen) atoms. The van der Waals surface area contributed by atoms with Gasteiger partial charge in [-0.1, -0.05) is 0 Å². The lowest BCUT2D eigenvalue weighted by atomic mass is 10.1. The van der Waals surface area contributed by atoms with Crippen LogP contribution in [0.25, 0.3) is 0 Å². The van der Waals surface area contributed by atoms with E-state index in [1.807, 2.05) is 7.05 Å². The normalized spacial score (nSPS) is 27.6. The molecule has 0 saturated carbocycles. The minimum atomic E-state index is -0.360. The third-order valence-corrected chi connectivity index (χ3v) is 3.84. The van der Waals surface area contributed by atoms with E-state index in [1.54, 1.807) is 4.90 Å². The maximum atomic E-state index is 11.4. The fourth-order valence-electron chi connectivity index (χ4n) is 2.63. The van der Waals surface area contributed by atoms with Gasteiger partial charge in [0.05, 0.1) is 19.3 Å². The molecule has 2 fully saturated rings. The quantitative estimate of drug-likeness (QED) is 0.664. The Kier molecular flexibility index (Phi) is 5.57. The number of rotatable bonds is 5. The van der Waals surface area contributed by atoms with Gasteiger partial charge in [-0.15, -0.1) is 0 Å². The molecule has 2 rings (SSSR count). The zero-order valence-corrected chi connectivity index (χ0v) is 11.7. The van der Waals surface area contributed by atoms with Gasteiger partial charge < -0.3 is 20.1 Å². The molecule has 2 heterocycles. The van der Waals surface area contributed by atoms with Crippen LogP contribution in [0.4, 0.5) is 0 Å². The highest BCUT2D eigenvalue weighted by Gasteiger charge is 2.23. The molecule has 0 aromatic rings. The average Bonchev–Trinajstić information content (AvgIpc) is 2.41. The van der Waals surface area contributed by atoms with Gasteiger partial charge in [0.1, 0.15) is 0 Å². The predicted octanol–water partition coefficient (Wildman–Crippen LogP) is -1.11. The van der Waals surface area contributed by atoms with Crippen molar-refractivity contribution in [2.75, 3.05) is 53.0 Å². The number of likely N-dealkylation sites (N-methyl/N-ethyl adjacent to an activating group) is 1. The van der Waals surface area contributed by atoms with Crippen LogP contribution in [-0.2, 0) is 9.53 Å². The molecule has 110 valence electrons. The lowest BCUT2D eigenvalue weighted by molar-refractivity contribution is -0.132. The monoisotopic (exact) mass is 271 g/mol. The van der Waals surface area contributed by atoms with Crippen LogP contribution in [0.15, 0.2) is 0 Å². The van der Waals surface area contributed by atoms with Crippen LogP contribution < -0.4 is 5.32 Å². The molecule has 0 aliphatic carbocycles. The third-order valence-electron chi connectivity index (χ3n) is 3.84. The largest absolute Gasteiger partial charge is 0.390 e. The number of piperidine rings is 1. The standard InChI is InChI=1S/C13H25N3O3/c1-15-9-11(2-3-13(15)18)14-8-12(17)10-16-4-6-19-7-5-16/h11-12,14,17H,2-10H2,1H3. The summed E-state index contributed by atoms with van der Waals surface area (Å²) in [5.74, 6) is 0.215. The number of likely N-dealkylation sites (tertiary alicyclic amines) is 1. The van der Waals surface area contributed by atoms with Crippen molar-refractivity contribution in [2.45, 2.75) is 25.0 Å². The molecule has 0 bridgehead atoms. The molecular weight excluding hydrogens is 246 g/mol. The van der Waals surface area contributed by atoms with Crippen LogP contribution in [0, 0.1) is 0 Å². The summed E-state index contributed by atoms with van der Waals surface area (Å²) in [4.78, 5) is 15.4. The highest BCUT2D eigenvalue weighted by atomic mass is 16.5. The number of morpholine rings is 1. The summed E-state index contributed by atoms with van der Waals surface area (Å²) in [6.07, 6.45) is 1.11. The van der Waals surface area contributed by atoms with E-state index < -0.39 is 0 Å². The summed E-state index contributed by atoms with van der Waals surface area (Å²) in [6.45, 7) is 5.34. The number of amides is 1. The van der Waals surface area contributed by atoms with Crippen molar-refractivity contribution in [3.05, 3.63) is 0 Å². The van der Waals surface area contributed by atoms with E-state index in [0.717, 1.165) is 39.3 Å². The van der Waals surface area contributed by atoms with Crippen molar-refractivity contribution in [1.82, 2.24) is 15.1 Å². The fraction of sp³-hybridized carbons (Fsp3) is 0.923. The van der Waals surface area contributed by atoms with Gasteiger partial charge in [0.15, 0.2) is 0 Å². The SMILES string of the molecule is CN1CC(NCC(O)CN2CCOCC2)CCC1=O. The second-order valence-electron chi connectivity index (χ2n) is 5.48. The van der Waals surface area contributed by atoms with Gasteiger partial charge in [-0.3, -0.25) is 9.69 Å². The minimum Gasteiger partial charge on any atom is -0.390 e. The number of carbonyl (C=O) groups excluding carboxylic acids is 1. The van der Waals surface area contributed by atoms with Crippen molar-refractivity contribution in [1.29, 1.82) is 0 Å². The van der Waals surface area contributed by atoms with Crippen LogP contribution in [-0.4, -0.2) is 85.9 Å². The molecule has 2 aliphatic rings. The number of nitrogens with one attached hydrogen (secondary N) is 1. The minimum absolute atomic E-state index is 0.215. The maximum Gasteiger partial charge on any atom is 0.222 e. The zero-order chi connectivity index (χ0) is 13.7. The van der Waals surface area contributed by atoms with Crippen molar-refractivity contribution in [2.24, 2.45) is 0 Å². The highest BCUT2D eigenvalue weighted by Crippen LogP contribution is 2.09. The second kappa shape index (κ2) is 7.19. The van der Waals surface area contributed by atoms with E-state index in [1.165, 1.54) is 0 Å². The van der Waals surface area contributed by atoms with E-state index in [9.17, 15) is 9.90 Å². The smallest absolute Gasteiger partial charge is 0.222 e. The van der Waals surface area contributed by atoms with Crippen molar-refractivity contribution < 1.29 is 14.6 Å². The first kappa shape index (κ1) is 14.7. The predicted molar refractivity (Wildman–Crippen MR) is 71.9 cm³/mol. The van der Waals surface area contributed by atoms with Gasteiger partial charge >= 0.3 is 0 Å². The van der Waals surface area contributed by atoms with E-state index in [-0.39, 0.29) is 12.0 Å². The van der Waals surface area contributed by atoms with E-state index in [4.69, 9.17) is 4.74 Å². The number of β-amino-alcohol motifs (C(OH)–C–C–N with tert-alkyl or cyclic N) is 1. The maximum absolute atomic E-state index is 11.4. The number of hydrogen-bond acceptors (Lipinski definition) is 5. The third kappa shape index (κ3) is 4.72. The van der Waals surface area contributed by atoms with E-state index >= 15 is 0 Å². The molecular formula is C13H25N3O3. The number of carbonyl (C=O) groups is 1. The highest BCUT2D eigenvalue weighted by molar-refractivity contribution is 5.76. The second-order valence-corrected chi connectivity index (χ2v) is 5.48. The summed E-state index contributed by atoms with van der Waals surface area (Å²) >= 11 is 0. The van der Waals surface area contributed by atoms with Gasteiger partial charge in [0, 0.05) is 52.2 Å². The summed E-state index contributed by atoms with van der Waals surface area (Å²) in [5, 5.41) is 13.4. The number of aliphatic hydroxyl groups excluding tert-OH is 1. The molecule has 6 nitrogen and oxygen atoms in total. The Bertz CT molecular complexity index is 295. The lowest BCUT2D eigenvalue weighted by Crippen LogP contribution is -2.50. The van der Waals surface area contributed by atoms with Gasteiger partial charge in [-0.2, -0.15) is 0 Å². The van der Waals surface area contributed by atoms with Crippen molar-refractivity contribution >= 4 is 5.91 Å². The first-order chi connectivity index (χ1) is 9.15. The molecule has 0 aromatic carbocycles. The molecule has 2 atom stereocenters. The summed E-state index contributed by atoms with van der Waals surface area (Å²) < 4.78 is 5.28. The Morgan fingerprint density at radius 2 is 2.21 bits per heavy atom. The van der Waals surface area contributed by atoms with Gasteiger partial charge in [0.25, 0.3) is 0 Å². The van der Waals surface area contributed by atoms with Crippen LogP contribution >= 0.6 is 0 Å². The number of nitrogens with zero attached hydrogens (tertiary/aromatic N) is 2. The number of hydrogen-bond donors (Lipinski definition) is 2. The molecule has 2 aliphatic heterocycles. The Morgan fingerprint density at radius 3 is 2.89 bits per heavy atom. The molecule has 0 spiro atoms. The van der Waals surface area contributed by atoms with Crippen LogP contribution in [0.1, 0.15) is 12.8 Å². The molecule has 2 saturated heterocycles. The van der Waals surface area contributed by atoms with Crippen molar-refractivity contribution in [3.63, 3.8) is 0 Å². The molecule has 0 aromatic heterocycles. The van der Waals surface area contributed by atoms with Crippen LogP contribution in [0.5, 0.6) is 0 Å². The fourth-order valence-corrected chi connectivity index (χ4v) is 2.63. The molecule has 2 unspecified atom stereocenters. The Labute approximate surface area is 114 Å². The van der Waals surface area contributed by atoms with E-state index in [0.29, 0.717) is 25.6 Å². The molecule has 0 radical (unpaired) electrons. The molecule has 1 amide bonds. The van der Waals surface area contributed by atoms with Crippen LogP contribution in [0.3, 0.4) is 0 Å². The molecule has 2 N–H and O–H groups in total. The van der Waals surface area contributed by atoms with E-state index in [2.05, 4.69) is 10.2 Å². The summed E-state index contributed by atoms with van der Waals surface area (Å²) in [7, 11) is 1.83. The zero-order valence-electron chi connectivity index (χ0n) is 11.7.